The molecule has 0 aliphatic heterocycles. The Morgan fingerprint density at radius 2 is 1.74 bits per heavy atom. The Bertz CT molecular complexity index is 599. The second kappa shape index (κ2) is 8.95. The number of nitrogens with zero attached hydrogens (tertiary/aromatic N) is 3. The van der Waals surface area contributed by atoms with E-state index in [1.165, 1.54) is 11.3 Å². The Kier molecular flexibility index (Phi) is 7.28. The van der Waals surface area contributed by atoms with Crippen LogP contribution in [0.3, 0.4) is 0 Å². The molecule has 0 saturated heterocycles. The molecule has 1 aromatic rings. The molecule has 0 radical (unpaired) electrons. The first-order chi connectivity index (χ1) is 10.8. The summed E-state index contributed by atoms with van der Waals surface area (Å²) >= 11 is 0. The lowest BCUT2D eigenvalue weighted by molar-refractivity contribution is -0.00547. The Balaban J connectivity index is 0.000000463. The van der Waals surface area contributed by atoms with Crippen LogP contribution in [0, 0.1) is 0 Å². The summed E-state index contributed by atoms with van der Waals surface area (Å²) in [5.41, 5.74) is 11.9. The van der Waals surface area contributed by atoms with Crippen LogP contribution in [0.1, 0.15) is 18.9 Å². The van der Waals surface area contributed by atoms with Crippen molar-refractivity contribution >= 4 is 13.0 Å². The van der Waals surface area contributed by atoms with E-state index in [-0.39, 0.29) is 0 Å². The highest BCUT2D eigenvalue weighted by Crippen LogP contribution is 2.16. The van der Waals surface area contributed by atoms with Crippen molar-refractivity contribution in [2.45, 2.75) is 19.9 Å². The molecule has 0 N–H and O–H groups in total. The van der Waals surface area contributed by atoms with Gasteiger partial charge in [0.25, 0.3) is 5.71 Å². The predicted octanol–water partition coefficient (Wildman–Crippen LogP) is 4.32. The minimum atomic E-state index is -6.00. The molecule has 0 saturated carbocycles. The third-order valence-corrected chi connectivity index (χ3v) is 3.06. The van der Waals surface area contributed by atoms with E-state index in [1.807, 2.05) is 18.2 Å². The van der Waals surface area contributed by atoms with Gasteiger partial charge in [-0.2, -0.15) is 4.79 Å². The van der Waals surface area contributed by atoms with Crippen LogP contribution in [-0.2, 0) is 6.54 Å². The van der Waals surface area contributed by atoms with Crippen molar-refractivity contribution in [3.8, 4) is 0 Å². The largest absolute Gasteiger partial charge is 0.673 e. The maximum absolute atomic E-state index is 9.75. The summed E-state index contributed by atoms with van der Waals surface area (Å²) in [6, 6.07) is 10.4. The van der Waals surface area contributed by atoms with E-state index in [0.717, 1.165) is 13.1 Å². The van der Waals surface area contributed by atoms with Crippen LogP contribution in [0.4, 0.5) is 17.3 Å². The summed E-state index contributed by atoms with van der Waals surface area (Å²) in [5, 5.41) is 0. The molecule has 1 aliphatic rings. The zero-order valence-corrected chi connectivity index (χ0v) is 12.7. The molecule has 3 nitrogen and oxygen atoms in total. The van der Waals surface area contributed by atoms with Gasteiger partial charge in [-0.3, -0.25) is 0 Å². The highest BCUT2D eigenvalue weighted by atomic mass is 19.5. The van der Waals surface area contributed by atoms with Gasteiger partial charge < -0.3 is 27.7 Å². The van der Waals surface area contributed by atoms with Crippen molar-refractivity contribution in [3.05, 3.63) is 65.4 Å². The molecule has 8 heteroatoms. The van der Waals surface area contributed by atoms with Crippen LogP contribution in [-0.4, -0.2) is 29.2 Å². The van der Waals surface area contributed by atoms with Crippen molar-refractivity contribution in [2.24, 2.45) is 0 Å². The molecule has 0 unspecified atom stereocenters. The predicted molar refractivity (Wildman–Crippen MR) is 83.2 cm³/mol. The van der Waals surface area contributed by atoms with Crippen LogP contribution in [0.15, 0.2) is 54.3 Å². The fraction of sp³-hybridized carbons (Fsp3) is 0.267. The maximum atomic E-state index is 9.75. The molecule has 0 heterocycles. The Morgan fingerprint density at radius 1 is 1.13 bits per heavy atom. The summed E-state index contributed by atoms with van der Waals surface area (Å²) < 4.78 is 39.0. The van der Waals surface area contributed by atoms with Crippen molar-refractivity contribution in [1.29, 1.82) is 0 Å². The highest BCUT2D eigenvalue weighted by Gasteiger charge is 2.20. The molecule has 1 aliphatic carbocycles. The normalized spacial score (nSPS) is 13.6. The molecule has 0 atom stereocenters. The van der Waals surface area contributed by atoms with Gasteiger partial charge in [-0.1, -0.05) is 30.3 Å². The monoisotopic (exact) mass is 326 g/mol. The number of halogens is 4. The first-order valence-corrected chi connectivity index (χ1v) is 7.09. The number of hydrogen-bond donors (Lipinski definition) is 0. The number of likely N-dealkylation sites (N-methyl/N-ethyl adjacent to an activating group) is 1. The van der Waals surface area contributed by atoms with Crippen molar-refractivity contribution in [3.63, 3.8) is 0 Å². The van der Waals surface area contributed by atoms with Crippen molar-refractivity contribution < 1.29 is 22.1 Å². The molecule has 1 aromatic carbocycles. The van der Waals surface area contributed by atoms with Gasteiger partial charge in [-0.15, -0.1) is 0 Å². The molecule has 23 heavy (non-hydrogen) atoms. The summed E-state index contributed by atoms with van der Waals surface area (Å²) in [7, 11) is -6.00. The van der Waals surface area contributed by atoms with Gasteiger partial charge in [-0.05, 0) is 24.6 Å². The quantitative estimate of drug-likeness (QED) is 0.351. The zero-order chi connectivity index (χ0) is 17.3. The number of rotatable bonds is 4. The summed E-state index contributed by atoms with van der Waals surface area (Å²) in [6.45, 7) is 4.00. The number of benzene rings is 1. The fourth-order valence-corrected chi connectivity index (χ4v) is 2.02. The van der Waals surface area contributed by atoms with Gasteiger partial charge >= 0.3 is 7.25 Å². The second-order valence-electron chi connectivity index (χ2n) is 4.75. The lowest BCUT2D eigenvalue weighted by atomic mass is 10.1. The van der Waals surface area contributed by atoms with E-state index in [0.29, 0.717) is 12.1 Å². The molecule has 0 fully saturated rings. The number of hydrogen-bond acceptors (Lipinski definition) is 1. The maximum Gasteiger partial charge on any atom is 0.673 e. The third-order valence-electron chi connectivity index (χ3n) is 3.06. The van der Waals surface area contributed by atoms with Crippen LogP contribution in [0.25, 0.3) is 5.53 Å². The van der Waals surface area contributed by atoms with Gasteiger partial charge in [0.1, 0.15) is 0 Å². The minimum Gasteiger partial charge on any atom is -0.418 e. The number of allylic oxidation sites excluding steroid dienone is 3. The average molecular weight is 326 g/mol. The van der Waals surface area contributed by atoms with Crippen molar-refractivity contribution in [2.75, 3.05) is 6.54 Å². The summed E-state index contributed by atoms with van der Waals surface area (Å²) in [5.74, 6) is 0. The van der Waals surface area contributed by atoms with Crippen LogP contribution < -0.4 is 0 Å². The van der Waals surface area contributed by atoms with Crippen LogP contribution in [0.5, 0.6) is 0 Å². The Hall–Kier alpha value is -2.34. The molecule has 0 bridgehead atoms. The molecule has 124 valence electrons. The zero-order valence-electron chi connectivity index (χ0n) is 12.7. The highest BCUT2D eigenvalue weighted by molar-refractivity contribution is 6.50. The Labute approximate surface area is 132 Å². The van der Waals surface area contributed by atoms with E-state index in [2.05, 4.69) is 47.0 Å². The molecular formula is C15H17BF4N3-. The molecule has 0 aromatic heterocycles. The molecule has 0 amide bonds. The van der Waals surface area contributed by atoms with E-state index in [1.54, 1.807) is 0 Å². The molecule has 2 rings (SSSR count). The van der Waals surface area contributed by atoms with Crippen LogP contribution >= 0.6 is 0 Å². The summed E-state index contributed by atoms with van der Waals surface area (Å²) in [6.07, 6.45) is 6.66. The van der Waals surface area contributed by atoms with Gasteiger partial charge in [0, 0.05) is 24.9 Å². The van der Waals surface area contributed by atoms with Gasteiger partial charge in [0.05, 0.1) is 6.42 Å². The summed E-state index contributed by atoms with van der Waals surface area (Å²) in [4.78, 5) is 5.52. The van der Waals surface area contributed by atoms with Gasteiger partial charge in [0.2, 0.25) is 0 Å². The second-order valence-corrected chi connectivity index (χ2v) is 4.75. The molecular weight excluding hydrogens is 309 g/mol. The fourth-order valence-electron chi connectivity index (χ4n) is 2.02. The lowest BCUT2D eigenvalue weighted by Gasteiger charge is -2.25. The van der Waals surface area contributed by atoms with E-state index >= 15 is 0 Å². The topological polar surface area (TPSA) is 39.6 Å². The standard InChI is InChI=1S/C15H17N3.BF4/c1-2-18(12-13-6-4-3-5-7-13)15-10-8-14(17-16)9-11-15;2-1(3,4)5/h3-8,10-11H,2,9,12H2,1H3;/q;-1. The van der Waals surface area contributed by atoms with Crippen molar-refractivity contribution in [1.82, 2.24) is 4.90 Å². The Morgan fingerprint density at radius 3 is 2.17 bits per heavy atom. The average Bonchev–Trinajstić information content (AvgIpc) is 2.52. The minimum absolute atomic E-state index is 0.688. The first kappa shape index (κ1) is 18.7. The lowest BCUT2D eigenvalue weighted by Crippen LogP contribution is -2.22. The van der Waals surface area contributed by atoms with Crippen LogP contribution in [0.2, 0.25) is 0 Å². The van der Waals surface area contributed by atoms with Gasteiger partial charge in [0.15, 0.2) is 0 Å². The van der Waals surface area contributed by atoms with Gasteiger partial charge in [-0.25, -0.2) is 0 Å². The first-order valence-electron chi connectivity index (χ1n) is 7.09. The van der Waals surface area contributed by atoms with E-state index < -0.39 is 7.25 Å². The SMILES string of the molecule is CCN(Cc1ccccc1)C1=CCC(=[N+]=[N-])C=C1.F[B-](F)(F)F. The third kappa shape index (κ3) is 8.02. The van der Waals surface area contributed by atoms with E-state index in [4.69, 9.17) is 5.53 Å². The smallest absolute Gasteiger partial charge is 0.418 e. The van der Waals surface area contributed by atoms with E-state index in [9.17, 15) is 17.3 Å². The molecule has 0 spiro atoms.